The highest BCUT2D eigenvalue weighted by Gasteiger charge is 2.44. The second kappa shape index (κ2) is 7.00. The maximum atomic E-state index is 14.0. The number of aryl methyl sites for hydroxylation is 1. The monoisotopic (exact) mass is 410 g/mol. The smallest absolute Gasteiger partial charge is 0.152 e. The molecule has 4 rings (SSSR count). The molecule has 3 aromatic heterocycles. The van der Waals surface area contributed by atoms with Crippen LogP contribution in [-0.2, 0) is 13.0 Å². The van der Waals surface area contributed by atoms with Crippen molar-refractivity contribution in [3.8, 4) is 0 Å². The molecule has 1 fully saturated rings. The lowest BCUT2D eigenvalue weighted by Gasteiger charge is -2.14. The number of nitrogens with one attached hydrogen (secondary N) is 1. The molecule has 0 saturated heterocycles. The van der Waals surface area contributed by atoms with E-state index in [0.717, 1.165) is 28.1 Å². The van der Waals surface area contributed by atoms with Crippen molar-refractivity contribution in [1.29, 1.82) is 0 Å². The third kappa shape index (κ3) is 3.79. The zero-order chi connectivity index (χ0) is 19.2. The van der Waals surface area contributed by atoms with Crippen LogP contribution >= 0.6 is 23.2 Å². The van der Waals surface area contributed by atoms with Crippen LogP contribution in [0.25, 0.3) is 5.52 Å². The molecule has 8 heteroatoms. The number of anilines is 1. The average Bonchev–Trinajstić information content (AvgIpc) is 3.04. The van der Waals surface area contributed by atoms with Gasteiger partial charge in [0.15, 0.2) is 5.15 Å². The Kier molecular flexibility index (Phi) is 4.82. The van der Waals surface area contributed by atoms with E-state index in [0.29, 0.717) is 42.5 Å². The van der Waals surface area contributed by atoms with Gasteiger partial charge in [0, 0.05) is 12.1 Å². The summed E-state index contributed by atoms with van der Waals surface area (Å²) in [5.41, 5.74) is 8.59. The summed E-state index contributed by atoms with van der Waals surface area (Å²) in [4.78, 5) is 0. The van der Waals surface area contributed by atoms with E-state index in [1.165, 1.54) is 0 Å². The fourth-order valence-corrected chi connectivity index (χ4v) is 4.04. The zero-order valence-corrected chi connectivity index (χ0v) is 16.4. The molecule has 1 atom stereocenters. The lowest BCUT2D eigenvalue weighted by Crippen LogP contribution is -2.27. The number of rotatable bonds is 7. The summed E-state index contributed by atoms with van der Waals surface area (Å²) in [7, 11) is 0. The first-order chi connectivity index (χ1) is 12.9. The largest absolute Gasteiger partial charge is 0.467 e. The Balaban J connectivity index is 1.65. The van der Waals surface area contributed by atoms with E-state index < -0.39 is 5.67 Å². The van der Waals surface area contributed by atoms with Gasteiger partial charge in [-0.3, -0.25) is 0 Å². The molecule has 1 aliphatic rings. The van der Waals surface area contributed by atoms with Crippen LogP contribution in [-0.4, -0.2) is 21.3 Å². The highest BCUT2D eigenvalue weighted by molar-refractivity contribution is 6.32. The van der Waals surface area contributed by atoms with Gasteiger partial charge in [0.25, 0.3) is 0 Å². The number of aromatic nitrogens is 2. The number of fused-ring (bicyclic) bond motifs is 1. The minimum Gasteiger partial charge on any atom is -0.467 e. The molecule has 0 spiro atoms. The third-order valence-electron chi connectivity index (χ3n) is 5.09. The first-order valence-electron chi connectivity index (χ1n) is 8.93. The van der Waals surface area contributed by atoms with Gasteiger partial charge in [-0.05, 0) is 55.9 Å². The van der Waals surface area contributed by atoms with Crippen LogP contribution < -0.4 is 11.1 Å². The van der Waals surface area contributed by atoms with Crippen LogP contribution in [0.5, 0.6) is 0 Å². The first kappa shape index (κ1) is 18.6. The summed E-state index contributed by atoms with van der Waals surface area (Å²) >= 11 is 12.8. The van der Waals surface area contributed by atoms with Gasteiger partial charge >= 0.3 is 0 Å². The lowest BCUT2D eigenvalue weighted by molar-refractivity contribution is 0.270. The standard InChI is InChI=1S/C19H21Cl2FN4O/c1-11-14(7-12(23)9-19(22)4-5-19)18(21)26-17(11)15(8-16(20)25-26)24-10-13-3-2-6-27-13/h2-3,6,8,12,24H,4-5,7,9-10,23H2,1H3/t12-/m1/s1. The van der Waals surface area contributed by atoms with Gasteiger partial charge in [-0.25, -0.2) is 8.91 Å². The Bertz CT molecular complexity index is 966. The Labute approximate surface area is 166 Å². The van der Waals surface area contributed by atoms with E-state index in [9.17, 15) is 4.39 Å². The Morgan fingerprint density at radius 2 is 2.22 bits per heavy atom. The van der Waals surface area contributed by atoms with Crippen LogP contribution in [0.1, 0.15) is 36.1 Å². The lowest BCUT2D eigenvalue weighted by atomic mass is 10.00. The summed E-state index contributed by atoms with van der Waals surface area (Å²) < 4.78 is 21.0. The van der Waals surface area contributed by atoms with Crippen molar-refractivity contribution in [1.82, 2.24) is 9.61 Å². The molecule has 3 N–H and O–H groups in total. The maximum Gasteiger partial charge on any atom is 0.152 e. The van der Waals surface area contributed by atoms with Gasteiger partial charge in [-0.15, -0.1) is 0 Å². The number of halogens is 3. The van der Waals surface area contributed by atoms with Crippen molar-refractivity contribution >= 4 is 34.4 Å². The third-order valence-corrected chi connectivity index (χ3v) is 5.66. The van der Waals surface area contributed by atoms with Gasteiger partial charge in [0.1, 0.15) is 16.6 Å². The topological polar surface area (TPSA) is 68.5 Å². The summed E-state index contributed by atoms with van der Waals surface area (Å²) in [5, 5.41) is 8.43. The first-order valence-corrected chi connectivity index (χ1v) is 9.69. The average molecular weight is 411 g/mol. The van der Waals surface area contributed by atoms with Crippen molar-refractivity contribution in [2.75, 3.05) is 5.32 Å². The van der Waals surface area contributed by atoms with Gasteiger partial charge in [0.2, 0.25) is 0 Å². The van der Waals surface area contributed by atoms with E-state index in [2.05, 4.69) is 10.4 Å². The van der Waals surface area contributed by atoms with Gasteiger partial charge in [-0.1, -0.05) is 23.2 Å². The highest BCUT2D eigenvalue weighted by Crippen LogP contribution is 2.44. The Morgan fingerprint density at radius 1 is 1.44 bits per heavy atom. The van der Waals surface area contributed by atoms with Gasteiger partial charge in [0.05, 0.1) is 24.0 Å². The van der Waals surface area contributed by atoms with E-state index in [-0.39, 0.29) is 6.04 Å². The van der Waals surface area contributed by atoms with Crippen LogP contribution in [0.3, 0.4) is 0 Å². The number of nitrogens with two attached hydrogens (primary N) is 1. The second-order valence-corrected chi connectivity index (χ2v) is 8.03. The molecule has 0 amide bonds. The summed E-state index contributed by atoms with van der Waals surface area (Å²) in [6, 6.07) is 5.19. The van der Waals surface area contributed by atoms with Crippen molar-refractivity contribution in [3.63, 3.8) is 0 Å². The van der Waals surface area contributed by atoms with Crippen LogP contribution in [0.4, 0.5) is 10.1 Å². The van der Waals surface area contributed by atoms with Gasteiger partial charge in [-0.2, -0.15) is 5.10 Å². The van der Waals surface area contributed by atoms with Gasteiger partial charge < -0.3 is 15.5 Å². The summed E-state index contributed by atoms with van der Waals surface area (Å²) in [5.74, 6) is 0.802. The van der Waals surface area contributed by atoms with E-state index >= 15 is 0 Å². The molecule has 1 saturated carbocycles. The molecule has 0 aromatic carbocycles. The van der Waals surface area contributed by atoms with E-state index in [4.69, 9.17) is 33.4 Å². The minimum absolute atomic E-state index is 0.291. The molecule has 1 aliphatic carbocycles. The molecule has 0 radical (unpaired) electrons. The molecule has 3 aromatic rings. The Hall–Kier alpha value is -1.76. The molecule has 0 bridgehead atoms. The minimum atomic E-state index is -1.09. The van der Waals surface area contributed by atoms with Crippen LogP contribution in [0.15, 0.2) is 28.9 Å². The van der Waals surface area contributed by atoms with Crippen LogP contribution in [0.2, 0.25) is 10.3 Å². The number of nitrogens with zero attached hydrogens (tertiary/aromatic N) is 2. The molecule has 3 heterocycles. The number of hydrogen-bond donors (Lipinski definition) is 2. The summed E-state index contributed by atoms with van der Waals surface area (Å²) in [6.07, 6.45) is 3.68. The molecule has 27 heavy (non-hydrogen) atoms. The van der Waals surface area contributed by atoms with Crippen molar-refractivity contribution in [2.24, 2.45) is 5.73 Å². The number of furan rings is 1. The molecule has 5 nitrogen and oxygen atoms in total. The quantitative estimate of drug-likeness (QED) is 0.579. The summed E-state index contributed by atoms with van der Waals surface area (Å²) in [6.45, 7) is 2.48. The Morgan fingerprint density at radius 3 is 2.89 bits per heavy atom. The second-order valence-electron chi connectivity index (χ2n) is 7.29. The number of alkyl halides is 1. The normalized spacial score (nSPS) is 16.6. The fourth-order valence-electron chi connectivity index (χ4n) is 3.52. The molecular weight excluding hydrogens is 390 g/mol. The van der Waals surface area contributed by atoms with Crippen molar-refractivity contribution in [3.05, 3.63) is 51.7 Å². The molecule has 0 aliphatic heterocycles. The zero-order valence-electron chi connectivity index (χ0n) is 14.9. The fraction of sp³-hybridized carbons (Fsp3) is 0.421. The molecule has 0 unspecified atom stereocenters. The van der Waals surface area contributed by atoms with Crippen molar-refractivity contribution in [2.45, 2.75) is 50.9 Å². The SMILES string of the molecule is Cc1c(C[C@@H](N)CC2(F)CC2)c(Cl)n2nc(Cl)cc(NCc3ccco3)c12. The highest BCUT2D eigenvalue weighted by atomic mass is 35.5. The van der Waals surface area contributed by atoms with Crippen molar-refractivity contribution < 1.29 is 8.81 Å². The molecule has 144 valence electrons. The molecular formula is C19H21Cl2FN4O. The van der Waals surface area contributed by atoms with E-state index in [1.807, 2.05) is 19.1 Å². The predicted molar refractivity (Wildman–Crippen MR) is 105 cm³/mol. The number of hydrogen-bond acceptors (Lipinski definition) is 4. The van der Waals surface area contributed by atoms with E-state index in [1.54, 1.807) is 16.8 Å². The maximum absolute atomic E-state index is 14.0. The predicted octanol–water partition coefficient (Wildman–Crippen LogP) is 4.92. The van der Waals surface area contributed by atoms with Crippen LogP contribution in [0, 0.1) is 6.92 Å².